The molecule has 12 heteroatoms. The first-order valence-corrected chi connectivity index (χ1v) is 10.3. The highest BCUT2D eigenvalue weighted by Crippen LogP contribution is 2.28. The van der Waals surface area contributed by atoms with Crippen LogP contribution in [0, 0.1) is 0 Å². The minimum Gasteiger partial charge on any atom is -0.497 e. The van der Waals surface area contributed by atoms with Crippen molar-refractivity contribution in [1.29, 1.82) is 0 Å². The van der Waals surface area contributed by atoms with Gasteiger partial charge in [-0.05, 0) is 60.6 Å². The number of carbonyl (C=O) groups is 1. The van der Waals surface area contributed by atoms with E-state index >= 15 is 0 Å². The quantitative estimate of drug-likeness (QED) is 0.297. The second-order valence-corrected chi connectivity index (χ2v) is 7.00. The predicted molar refractivity (Wildman–Crippen MR) is 123 cm³/mol. The van der Waals surface area contributed by atoms with E-state index in [4.69, 9.17) is 19.8 Å². The van der Waals surface area contributed by atoms with Gasteiger partial charge in [0.2, 0.25) is 11.6 Å². The summed E-state index contributed by atoms with van der Waals surface area (Å²) in [7, 11) is 1.58. The van der Waals surface area contributed by atoms with Gasteiger partial charge >= 0.3 is 0 Å². The third-order valence-electron chi connectivity index (χ3n) is 4.83. The van der Waals surface area contributed by atoms with Crippen molar-refractivity contribution in [3.63, 3.8) is 0 Å². The van der Waals surface area contributed by atoms with Crippen LogP contribution in [0.5, 0.6) is 11.5 Å². The molecule has 0 saturated heterocycles. The average Bonchev–Trinajstić information content (AvgIpc) is 3.49. The zero-order valence-corrected chi connectivity index (χ0v) is 18.7. The van der Waals surface area contributed by atoms with Crippen molar-refractivity contribution in [1.82, 2.24) is 30.7 Å². The third kappa shape index (κ3) is 4.55. The van der Waals surface area contributed by atoms with Gasteiger partial charge in [0, 0.05) is 11.1 Å². The van der Waals surface area contributed by atoms with E-state index in [1.54, 1.807) is 38.3 Å². The highest BCUT2D eigenvalue weighted by Gasteiger charge is 2.25. The summed E-state index contributed by atoms with van der Waals surface area (Å²) in [6.07, 6.45) is 0. The van der Waals surface area contributed by atoms with Gasteiger partial charge in [-0.15, -0.1) is 5.10 Å². The molecule has 2 aromatic carbocycles. The number of hydrazone groups is 1. The summed E-state index contributed by atoms with van der Waals surface area (Å²) >= 11 is 0. The van der Waals surface area contributed by atoms with E-state index in [0.717, 1.165) is 5.56 Å². The minimum absolute atomic E-state index is 0.00376. The minimum atomic E-state index is -0.576. The van der Waals surface area contributed by atoms with Gasteiger partial charge in [-0.3, -0.25) is 4.79 Å². The van der Waals surface area contributed by atoms with Gasteiger partial charge in [-0.25, -0.2) is 10.1 Å². The average molecular weight is 462 g/mol. The summed E-state index contributed by atoms with van der Waals surface area (Å²) in [6, 6.07) is 14.4. The van der Waals surface area contributed by atoms with Gasteiger partial charge in [0.1, 0.15) is 17.2 Å². The van der Waals surface area contributed by atoms with Gasteiger partial charge < -0.3 is 15.2 Å². The molecule has 34 heavy (non-hydrogen) atoms. The zero-order chi connectivity index (χ0) is 24.1. The number of carbonyl (C=O) groups excluding carboxylic acids is 1. The lowest BCUT2D eigenvalue weighted by Gasteiger charge is -2.08. The summed E-state index contributed by atoms with van der Waals surface area (Å²) in [5.74, 6) is 0.880. The lowest BCUT2D eigenvalue weighted by atomic mass is 10.1. The molecule has 0 radical (unpaired) electrons. The van der Waals surface area contributed by atoms with Gasteiger partial charge in [0.05, 0.1) is 19.4 Å². The van der Waals surface area contributed by atoms with Crippen LogP contribution in [0.15, 0.2) is 58.3 Å². The number of benzene rings is 2. The number of methoxy groups -OCH3 is 1. The van der Waals surface area contributed by atoms with Crippen LogP contribution in [-0.2, 0) is 0 Å². The Labute approximate surface area is 194 Å². The maximum absolute atomic E-state index is 13.1. The number of nitrogens with one attached hydrogen (secondary N) is 1. The first-order chi connectivity index (χ1) is 16.5. The molecule has 0 spiro atoms. The first kappa shape index (κ1) is 22.5. The number of hydrogen-bond acceptors (Lipinski definition) is 10. The predicted octanol–water partition coefficient (Wildman–Crippen LogP) is 2.46. The molecule has 0 saturated carbocycles. The van der Waals surface area contributed by atoms with Crippen LogP contribution in [0.1, 0.15) is 29.9 Å². The van der Waals surface area contributed by atoms with Crippen molar-refractivity contribution in [2.45, 2.75) is 13.8 Å². The van der Waals surface area contributed by atoms with Crippen LogP contribution < -0.4 is 20.6 Å². The fraction of sp³-hybridized carbons (Fsp3) is 0.182. The Bertz CT molecular complexity index is 1330. The number of ether oxygens (including phenoxy) is 2. The lowest BCUT2D eigenvalue weighted by Crippen LogP contribution is -2.21. The standard InChI is InChI=1S/C22H22N8O4/c1-4-33-16-10-8-14(9-11-16)19-18(25-29-30(19)21-20(23)27-34-28-21)22(31)26-24-13(2)15-6-5-7-17(12-15)32-3/h5-12H,4H2,1-3H3,(H2,23,27)(H,26,31)/b24-13-. The lowest BCUT2D eigenvalue weighted by molar-refractivity contribution is 0.0950. The molecular weight excluding hydrogens is 440 g/mol. The molecule has 0 bridgehead atoms. The van der Waals surface area contributed by atoms with Crippen LogP contribution in [0.3, 0.4) is 0 Å². The fourth-order valence-corrected chi connectivity index (χ4v) is 3.16. The molecule has 0 aliphatic carbocycles. The number of rotatable bonds is 8. The Morgan fingerprint density at radius 3 is 2.65 bits per heavy atom. The Kier molecular flexibility index (Phi) is 6.48. The van der Waals surface area contributed by atoms with Gasteiger partial charge in [0.15, 0.2) is 5.69 Å². The van der Waals surface area contributed by atoms with E-state index in [1.165, 1.54) is 4.68 Å². The summed E-state index contributed by atoms with van der Waals surface area (Å²) < 4.78 is 16.7. The molecule has 1 amide bonds. The number of amides is 1. The Balaban J connectivity index is 1.69. The normalized spacial score (nSPS) is 11.3. The molecule has 174 valence electrons. The van der Waals surface area contributed by atoms with E-state index in [2.05, 4.69) is 31.2 Å². The first-order valence-electron chi connectivity index (χ1n) is 10.3. The summed E-state index contributed by atoms with van der Waals surface area (Å²) in [5.41, 5.74) is 10.7. The van der Waals surface area contributed by atoms with Gasteiger partial charge in [0.25, 0.3) is 5.91 Å². The maximum atomic E-state index is 13.1. The summed E-state index contributed by atoms with van der Waals surface area (Å²) in [4.78, 5) is 13.1. The second-order valence-electron chi connectivity index (χ2n) is 7.00. The third-order valence-corrected chi connectivity index (χ3v) is 4.83. The van der Waals surface area contributed by atoms with Crippen molar-refractivity contribution in [2.75, 3.05) is 19.5 Å². The van der Waals surface area contributed by atoms with Gasteiger partial charge in [-0.1, -0.05) is 17.3 Å². The van der Waals surface area contributed by atoms with Crippen LogP contribution >= 0.6 is 0 Å². The van der Waals surface area contributed by atoms with Crippen molar-refractivity contribution in [3.8, 4) is 28.6 Å². The molecule has 4 aromatic rings. The van der Waals surface area contributed by atoms with Crippen molar-refractivity contribution in [3.05, 3.63) is 59.8 Å². The summed E-state index contributed by atoms with van der Waals surface area (Å²) in [6.45, 7) is 4.18. The molecule has 12 nitrogen and oxygen atoms in total. The van der Waals surface area contributed by atoms with E-state index < -0.39 is 5.91 Å². The Hall–Kier alpha value is -4.74. The molecule has 0 unspecified atom stereocenters. The van der Waals surface area contributed by atoms with Crippen molar-refractivity contribution in [2.24, 2.45) is 5.10 Å². The molecule has 2 aromatic heterocycles. The number of nitrogens with two attached hydrogens (primary N) is 1. The molecule has 0 aliphatic heterocycles. The maximum Gasteiger partial charge on any atom is 0.294 e. The van der Waals surface area contributed by atoms with E-state index in [0.29, 0.717) is 35.1 Å². The monoisotopic (exact) mass is 462 g/mol. The van der Waals surface area contributed by atoms with Crippen molar-refractivity contribution < 1.29 is 18.9 Å². The highest BCUT2D eigenvalue weighted by molar-refractivity contribution is 6.02. The van der Waals surface area contributed by atoms with Crippen LogP contribution in [-0.4, -0.2) is 50.6 Å². The largest absolute Gasteiger partial charge is 0.497 e. The molecule has 0 fully saturated rings. The number of hydrogen-bond donors (Lipinski definition) is 2. The van der Waals surface area contributed by atoms with E-state index in [9.17, 15) is 4.79 Å². The van der Waals surface area contributed by atoms with E-state index in [1.807, 2.05) is 31.2 Å². The van der Waals surface area contributed by atoms with Gasteiger partial charge in [-0.2, -0.15) is 9.78 Å². The van der Waals surface area contributed by atoms with E-state index in [-0.39, 0.29) is 17.3 Å². The summed E-state index contributed by atoms with van der Waals surface area (Å²) in [5, 5.41) is 19.6. The molecule has 4 rings (SSSR count). The number of nitrogen functional groups attached to an aromatic ring is 1. The molecule has 2 heterocycles. The fourth-order valence-electron chi connectivity index (χ4n) is 3.16. The van der Waals surface area contributed by atoms with Crippen LogP contribution in [0.4, 0.5) is 5.82 Å². The topological polar surface area (TPSA) is 156 Å². The smallest absolute Gasteiger partial charge is 0.294 e. The molecule has 3 N–H and O–H groups in total. The van der Waals surface area contributed by atoms with Crippen LogP contribution in [0.25, 0.3) is 17.1 Å². The Morgan fingerprint density at radius 1 is 1.18 bits per heavy atom. The number of nitrogens with zero attached hydrogens (tertiary/aromatic N) is 6. The number of anilines is 1. The molecular formula is C22H22N8O4. The Morgan fingerprint density at radius 2 is 1.97 bits per heavy atom. The number of aromatic nitrogens is 5. The SMILES string of the molecule is CCOc1ccc(-c2c(C(=O)N/N=C(/C)c3cccc(OC)c3)nnn2-c2nonc2N)cc1. The van der Waals surface area contributed by atoms with Crippen molar-refractivity contribution >= 4 is 17.4 Å². The molecule has 0 aliphatic rings. The van der Waals surface area contributed by atoms with Crippen LogP contribution in [0.2, 0.25) is 0 Å². The zero-order valence-electron chi connectivity index (χ0n) is 18.7. The second kappa shape index (κ2) is 9.81. The molecule has 0 atom stereocenters. The highest BCUT2D eigenvalue weighted by atomic mass is 16.6.